The van der Waals surface area contributed by atoms with Crippen LogP contribution in [0.1, 0.15) is 12.8 Å². The topological polar surface area (TPSA) is 20.2 Å². The number of hydrogen-bond acceptors (Lipinski definition) is 1. The van der Waals surface area contributed by atoms with E-state index in [0.29, 0.717) is 5.82 Å². The van der Waals surface area contributed by atoms with Gasteiger partial charge in [0, 0.05) is 0 Å². The first-order valence-corrected chi connectivity index (χ1v) is 2.49. The first-order valence-electron chi connectivity index (χ1n) is 2.49. The molecule has 0 aliphatic heterocycles. The lowest BCUT2D eigenvalue weighted by Crippen LogP contribution is -2.02. The first kappa shape index (κ1) is 4.19. The predicted molar refractivity (Wildman–Crippen MR) is 26.8 cm³/mol. The zero-order chi connectivity index (χ0) is 4.57. The van der Waals surface area contributed by atoms with Crippen LogP contribution in [0.15, 0.2) is 0 Å². The summed E-state index contributed by atoms with van der Waals surface area (Å²) in [6.07, 6.45) is 2.50. The van der Waals surface area contributed by atoms with E-state index in [0.717, 1.165) is 0 Å². The van der Waals surface area contributed by atoms with Crippen molar-refractivity contribution in [2.75, 3.05) is 0 Å². The van der Waals surface area contributed by atoms with E-state index >= 15 is 0 Å². The molecule has 0 aromatic rings. The van der Waals surface area contributed by atoms with E-state index in [-0.39, 0.29) is 6.92 Å². The van der Waals surface area contributed by atoms with E-state index in [1.807, 2.05) is 6.82 Å². The van der Waals surface area contributed by atoms with Crippen molar-refractivity contribution in [3.8, 4) is 0 Å². The molecule has 1 fully saturated rings. The maximum Gasteiger partial charge on any atom is 0.288 e. The fourth-order valence-electron chi connectivity index (χ4n) is 0.579. The Balaban J connectivity index is 2.13. The van der Waals surface area contributed by atoms with E-state index < -0.39 is 0 Å². The van der Waals surface area contributed by atoms with Crippen LogP contribution in [-0.2, 0) is 0 Å². The van der Waals surface area contributed by atoms with Crippen LogP contribution in [0.2, 0.25) is 12.6 Å². The summed E-state index contributed by atoms with van der Waals surface area (Å²) in [5, 5.41) is 8.69. The molecule has 1 aliphatic carbocycles. The normalized spacial score (nSPS) is 21.0. The molecule has 1 nitrogen and oxygen atoms in total. The molecular formula is C4H9BO. The van der Waals surface area contributed by atoms with Gasteiger partial charge in [0.1, 0.15) is 0 Å². The van der Waals surface area contributed by atoms with Gasteiger partial charge in [-0.1, -0.05) is 19.7 Å². The van der Waals surface area contributed by atoms with E-state index in [9.17, 15) is 0 Å². The highest BCUT2D eigenvalue weighted by Gasteiger charge is 2.29. The minimum absolute atomic E-state index is 0.0370. The molecule has 2 heteroatoms. The molecule has 0 aromatic carbocycles. The summed E-state index contributed by atoms with van der Waals surface area (Å²) in [5.41, 5.74) is 0. The highest BCUT2D eigenvalue weighted by atomic mass is 16.2. The molecule has 0 radical (unpaired) electrons. The number of hydrogen-bond donors (Lipinski definition) is 1. The van der Waals surface area contributed by atoms with Crippen LogP contribution >= 0.6 is 0 Å². The Labute approximate surface area is 38.5 Å². The summed E-state index contributed by atoms with van der Waals surface area (Å²) in [4.78, 5) is 0. The van der Waals surface area contributed by atoms with Crippen LogP contribution < -0.4 is 0 Å². The smallest absolute Gasteiger partial charge is 0.288 e. The van der Waals surface area contributed by atoms with Gasteiger partial charge < -0.3 is 5.02 Å². The monoisotopic (exact) mass is 84.1 g/mol. The van der Waals surface area contributed by atoms with Gasteiger partial charge in [-0.3, -0.25) is 0 Å². The highest BCUT2D eigenvalue weighted by molar-refractivity contribution is 6.51. The SMILES string of the molecule is CB(O)C1CC1. The van der Waals surface area contributed by atoms with Crippen molar-refractivity contribution in [1.29, 1.82) is 0 Å². The largest absolute Gasteiger partial charge is 0.450 e. The molecule has 34 valence electrons. The zero-order valence-corrected chi connectivity index (χ0v) is 4.02. The summed E-state index contributed by atoms with van der Waals surface area (Å²) in [5.74, 6) is 0.657. The Bertz CT molecular complexity index is 49.5. The molecule has 0 unspecified atom stereocenters. The maximum absolute atomic E-state index is 8.69. The molecule has 0 atom stereocenters. The number of rotatable bonds is 1. The Morgan fingerprint density at radius 2 is 2.17 bits per heavy atom. The average molecular weight is 83.9 g/mol. The van der Waals surface area contributed by atoms with E-state index in [1.54, 1.807) is 0 Å². The molecule has 0 amide bonds. The molecule has 0 heterocycles. The molecule has 1 aliphatic rings. The summed E-state index contributed by atoms with van der Waals surface area (Å²) in [6.45, 7) is 1.82. The second kappa shape index (κ2) is 1.26. The molecule has 1 rings (SSSR count). The molecule has 0 aromatic heterocycles. The molecule has 6 heavy (non-hydrogen) atoms. The van der Waals surface area contributed by atoms with Gasteiger partial charge in [-0.15, -0.1) is 0 Å². The third-order valence-electron chi connectivity index (χ3n) is 1.30. The van der Waals surface area contributed by atoms with E-state index in [2.05, 4.69) is 0 Å². The van der Waals surface area contributed by atoms with Crippen LogP contribution in [-0.4, -0.2) is 11.9 Å². The molecule has 0 saturated heterocycles. The maximum atomic E-state index is 8.69. The van der Waals surface area contributed by atoms with Crippen molar-refractivity contribution in [3.05, 3.63) is 0 Å². The molecule has 0 spiro atoms. The lowest BCUT2D eigenvalue weighted by Gasteiger charge is -1.86. The molecule has 0 bridgehead atoms. The van der Waals surface area contributed by atoms with E-state index in [4.69, 9.17) is 5.02 Å². The summed E-state index contributed by atoms with van der Waals surface area (Å²) in [6, 6.07) is 0. The van der Waals surface area contributed by atoms with Gasteiger partial charge in [0.25, 0.3) is 6.92 Å². The first-order chi connectivity index (χ1) is 2.80. The summed E-state index contributed by atoms with van der Waals surface area (Å²) < 4.78 is 0. The third kappa shape index (κ3) is 0.746. The molecule has 1 N–H and O–H groups in total. The Hall–Kier alpha value is 0.0249. The van der Waals surface area contributed by atoms with Gasteiger partial charge >= 0.3 is 0 Å². The summed E-state index contributed by atoms with van der Waals surface area (Å²) in [7, 11) is 0. The third-order valence-corrected chi connectivity index (χ3v) is 1.30. The van der Waals surface area contributed by atoms with Crippen molar-refractivity contribution in [1.82, 2.24) is 0 Å². The fraction of sp³-hybridized carbons (Fsp3) is 1.00. The van der Waals surface area contributed by atoms with Crippen LogP contribution in [0.25, 0.3) is 0 Å². The van der Waals surface area contributed by atoms with Gasteiger partial charge in [0.05, 0.1) is 0 Å². The quantitative estimate of drug-likeness (QED) is 0.465. The van der Waals surface area contributed by atoms with Crippen molar-refractivity contribution in [2.24, 2.45) is 0 Å². The Morgan fingerprint density at radius 3 is 2.17 bits per heavy atom. The fourth-order valence-corrected chi connectivity index (χ4v) is 0.579. The van der Waals surface area contributed by atoms with Crippen molar-refractivity contribution < 1.29 is 5.02 Å². The zero-order valence-electron chi connectivity index (χ0n) is 4.02. The van der Waals surface area contributed by atoms with Gasteiger partial charge in [-0.2, -0.15) is 0 Å². The second-order valence-corrected chi connectivity index (χ2v) is 2.08. The van der Waals surface area contributed by atoms with Gasteiger partial charge in [-0.25, -0.2) is 0 Å². The Morgan fingerprint density at radius 1 is 1.67 bits per heavy atom. The van der Waals surface area contributed by atoms with E-state index in [1.165, 1.54) is 12.8 Å². The highest BCUT2D eigenvalue weighted by Crippen LogP contribution is 2.37. The standard InChI is InChI=1S/C4H9BO/c1-5(6)4-2-3-4/h4,6H,2-3H2,1H3. The molecular weight excluding hydrogens is 74.9 g/mol. The van der Waals surface area contributed by atoms with Crippen molar-refractivity contribution >= 4 is 6.92 Å². The van der Waals surface area contributed by atoms with Gasteiger partial charge in [0.2, 0.25) is 0 Å². The van der Waals surface area contributed by atoms with Crippen molar-refractivity contribution in [3.63, 3.8) is 0 Å². The lowest BCUT2D eigenvalue weighted by atomic mass is 9.66. The minimum Gasteiger partial charge on any atom is -0.450 e. The minimum atomic E-state index is -0.0370. The lowest BCUT2D eigenvalue weighted by molar-refractivity contribution is 0.575. The van der Waals surface area contributed by atoms with Gasteiger partial charge in [-0.05, 0) is 5.82 Å². The summed E-state index contributed by atoms with van der Waals surface area (Å²) >= 11 is 0. The second-order valence-electron chi connectivity index (χ2n) is 2.08. The van der Waals surface area contributed by atoms with Crippen LogP contribution in [0.3, 0.4) is 0 Å². The van der Waals surface area contributed by atoms with Crippen LogP contribution in [0, 0.1) is 0 Å². The molecule has 1 saturated carbocycles. The van der Waals surface area contributed by atoms with Crippen LogP contribution in [0.4, 0.5) is 0 Å². The van der Waals surface area contributed by atoms with Crippen LogP contribution in [0.5, 0.6) is 0 Å². The van der Waals surface area contributed by atoms with Gasteiger partial charge in [0.15, 0.2) is 0 Å². The Kier molecular flexibility index (Phi) is 0.883. The average Bonchev–Trinajstić information content (AvgIpc) is 2.06. The van der Waals surface area contributed by atoms with Crippen molar-refractivity contribution in [2.45, 2.75) is 25.5 Å². The predicted octanol–water partition coefficient (Wildman–Crippen LogP) is 0.764.